The maximum atomic E-state index is 13.0. The van der Waals surface area contributed by atoms with Crippen LogP contribution in [0.25, 0.3) is 11.0 Å². The molecule has 0 amide bonds. The number of benzene rings is 2. The minimum Gasteiger partial charge on any atom is -0.493 e. The number of carbonyl (C=O) groups is 2. The van der Waals surface area contributed by atoms with Crippen LogP contribution in [0.2, 0.25) is 0 Å². The van der Waals surface area contributed by atoms with Gasteiger partial charge in [-0.15, -0.1) is 0 Å². The van der Waals surface area contributed by atoms with E-state index in [4.69, 9.17) is 13.9 Å². The van der Waals surface area contributed by atoms with Crippen LogP contribution in [0.3, 0.4) is 0 Å². The number of carbonyl (C=O) groups excluding carboxylic acids is 2. The fourth-order valence-corrected chi connectivity index (χ4v) is 2.55. The zero-order chi connectivity index (χ0) is 19.6. The number of fused-ring (bicyclic) bond motifs is 1. The number of Topliss-reactive ketones (excluding diaryl/α,β-unsaturated/α-hetero) is 1. The highest BCUT2D eigenvalue weighted by Crippen LogP contribution is 2.24. The van der Waals surface area contributed by atoms with E-state index in [1.807, 2.05) is 0 Å². The Balaban J connectivity index is 1.85. The van der Waals surface area contributed by atoms with Crippen LogP contribution in [0.4, 0.5) is 4.39 Å². The Hall–Kier alpha value is -3.48. The van der Waals surface area contributed by atoms with Gasteiger partial charge in [0.05, 0.1) is 7.11 Å². The van der Waals surface area contributed by atoms with Crippen molar-refractivity contribution in [3.8, 4) is 5.75 Å². The molecule has 6 nitrogen and oxygen atoms in total. The van der Waals surface area contributed by atoms with Crippen molar-refractivity contribution >= 4 is 22.7 Å². The first-order valence-corrected chi connectivity index (χ1v) is 8.02. The lowest BCUT2D eigenvalue weighted by molar-refractivity contribution is 0.0315. The second-order valence-corrected chi connectivity index (χ2v) is 5.74. The highest BCUT2D eigenvalue weighted by Gasteiger charge is 2.23. The summed E-state index contributed by atoms with van der Waals surface area (Å²) >= 11 is 0. The summed E-state index contributed by atoms with van der Waals surface area (Å²) in [5, 5.41) is 0.471. The van der Waals surface area contributed by atoms with E-state index in [0.717, 1.165) is 12.1 Å². The second kappa shape index (κ2) is 7.41. The first-order chi connectivity index (χ1) is 12.9. The van der Waals surface area contributed by atoms with E-state index in [-0.39, 0.29) is 16.7 Å². The number of ketones is 1. The van der Waals surface area contributed by atoms with E-state index in [9.17, 15) is 18.8 Å². The van der Waals surface area contributed by atoms with Gasteiger partial charge < -0.3 is 13.9 Å². The Bertz CT molecular complexity index is 1070. The largest absolute Gasteiger partial charge is 0.493 e. The van der Waals surface area contributed by atoms with Gasteiger partial charge in [0, 0.05) is 10.9 Å². The molecule has 0 aliphatic rings. The average molecular weight is 370 g/mol. The zero-order valence-electron chi connectivity index (χ0n) is 14.5. The standard InChI is InChI=1S/C20H15FO6/c1-11(17(22)12-6-8-14(21)9-7-12)26-19(23)15-10-13-4-3-5-16(25-2)18(13)27-20(15)24/h3-11H,1-2H3. The first-order valence-electron chi connectivity index (χ1n) is 8.02. The molecular weight excluding hydrogens is 355 g/mol. The summed E-state index contributed by atoms with van der Waals surface area (Å²) in [5.74, 6) is -1.64. The number of hydrogen-bond donors (Lipinski definition) is 0. The summed E-state index contributed by atoms with van der Waals surface area (Å²) in [6.45, 7) is 1.37. The van der Waals surface area contributed by atoms with Gasteiger partial charge in [0.2, 0.25) is 5.78 Å². The number of esters is 1. The van der Waals surface area contributed by atoms with Crippen molar-refractivity contribution in [3.63, 3.8) is 0 Å². The average Bonchev–Trinajstić information content (AvgIpc) is 2.66. The molecule has 0 saturated carbocycles. The Morgan fingerprint density at radius 1 is 1.11 bits per heavy atom. The number of rotatable bonds is 5. The molecule has 1 unspecified atom stereocenters. The molecule has 0 bridgehead atoms. The summed E-state index contributed by atoms with van der Waals surface area (Å²) in [7, 11) is 1.43. The van der Waals surface area contributed by atoms with Crippen LogP contribution in [0.5, 0.6) is 5.75 Å². The third kappa shape index (κ3) is 3.72. The molecule has 1 atom stereocenters. The topological polar surface area (TPSA) is 82.8 Å². The van der Waals surface area contributed by atoms with Gasteiger partial charge in [0.1, 0.15) is 11.4 Å². The lowest BCUT2D eigenvalue weighted by atomic mass is 10.1. The van der Waals surface area contributed by atoms with Gasteiger partial charge in [0.15, 0.2) is 17.4 Å². The lowest BCUT2D eigenvalue weighted by Gasteiger charge is -2.12. The van der Waals surface area contributed by atoms with Gasteiger partial charge in [-0.3, -0.25) is 4.79 Å². The summed E-state index contributed by atoms with van der Waals surface area (Å²) < 4.78 is 28.3. The van der Waals surface area contributed by atoms with Gasteiger partial charge in [-0.2, -0.15) is 0 Å². The molecule has 7 heteroatoms. The van der Waals surface area contributed by atoms with Crippen LogP contribution in [-0.2, 0) is 4.74 Å². The van der Waals surface area contributed by atoms with E-state index in [1.165, 1.54) is 32.2 Å². The number of halogens is 1. The lowest BCUT2D eigenvalue weighted by Crippen LogP contribution is -2.27. The molecule has 0 fully saturated rings. The van der Waals surface area contributed by atoms with Gasteiger partial charge in [-0.1, -0.05) is 12.1 Å². The molecule has 2 aromatic carbocycles. The van der Waals surface area contributed by atoms with E-state index >= 15 is 0 Å². The molecular formula is C20H15FO6. The van der Waals surface area contributed by atoms with Gasteiger partial charge in [0.25, 0.3) is 0 Å². The molecule has 0 aliphatic carbocycles. The fourth-order valence-electron chi connectivity index (χ4n) is 2.55. The number of hydrogen-bond acceptors (Lipinski definition) is 6. The molecule has 3 rings (SSSR count). The minimum absolute atomic E-state index is 0.187. The van der Waals surface area contributed by atoms with Crippen molar-refractivity contribution in [2.45, 2.75) is 13.0 Å². The van der Waals surface area contributed by atoms with Crippen molar-refractivity contribution in [1.82, 2.24) is 0 Å². The maximum absolute atomic E-state index is 13.0. The summed E-state index contributed by atoms with van der Waals surface area (Å²) in [4.78, 5) is 36.8. The predicted molar refractivity (Wildman–Crippen MR) is 94.6 cm³/mol. The summed E-state index contributed by atoms with van der Waals surface area (Å²) in [5.41, 5.74) is -0.850. The van der Waals surface area contributed by atoms with E-state index < -0.39 is 29.3 Å². The third-order valence-electron chi connectivity index (χ3n) is 3.95. The highest BCUT2D eigenvalue weighted by molar-refractivity contribution is 6.01. The predicted octanol–water partition coefficient (Wildman–Crippen LogP) is 3.37. The van der Waals surface area contributed by atoms with Crippen LogP contribution in [0.15, 0.2) is 57.7 Å². The smallest absolute Gasteiger partial charge is 0.351 e. The Morgan fingerprint density at radius 2 is 1.81 bits per heavy atom. The van der Waals surface area contributed by atoms with Crippen molar-refractivity contribution < 1.29 is 27.9 Å². The van der Waals surface area contributed by atoms with Gasteiger partial charge >= 0.3 is 11.6 Å². The van der Waals surface area contributed by atoms with E-state index in [0.29, 0.717) is 11.1 Å². The fraction of sp³-hybridized carbons (Fsp3) is 0.150. The molecule has 0 N–H and O–H groups in total. The Labute approximate surface area is 153 Å². The zero-order valence-corrected chi connectivity index (χ0v) is 14.5. The quantitative estimate of drug-likeness (QED) is 0.389. The summed E-state index contributed by atoms with van der Waals surface area (Å²) in [6.07, 6.45) is -1.16. The molecule has 1 heterocycles. The van der Waals surface area contributed by atoms with Crippen LogP contribution < -0.4 is 10.4 Å². The van der Waals surface area contributed by atoms with E-state index in [1.54, 1.807) is 18.2 Å². The normalized spacial score (nSPS) is 11.8. The SMILES string of the molecule is COc1cccc2cc(C(=O)OC(C)C(=O)c3ccc(F)cc3)c(=O)oc12. The molecule has 1 aromatic heterocycles. The number of para-hydroxylation sites is 1. The van der Waals surface area contributed by atoms with Crippen molar-refractivity contribution in [3.05, 3.63) is 75.9 Å². The Kier molecular flexibility index (Phi) is 5.03. The maximum Gasteiger partial charge on any atom is 0.351 e. The monoisotopic (exact) mass is 370 g/mol. The van der Waals surface area contributed by atoms with Crippen LogP contribution in [0, 0.1) is 5.82 Å². The van der Waals surface area contributed by atoms with Crippen LogP contribution in [-0.4, -0.2) is 25.0 Å². The number of methoxy groups -OCH3 is 1. The molecule has 0 saturated heterocycles. The first kappa shape index (κ1) is 18.3. The van der Waals surface area contributed by atoms with Crippen LogP contribution >= 0.6 is 0 Å². The van der Waals surface area contributed by atoms with Crippen molar-refractivity contribution in [1.29, 1.82) is 0 Å². The van der Waals surface area contributed by atoms with Crippen LogP contribution in [0.1, 0.15) is 27.6 Å². The molecule has 0 radical (unpaired) electrons. The molecule has 0 spiro atoms. The molecule has 3 aromatic rings. The van der Waals surface area contributed by atoms with E-state index in [2.05, 4.69) is 0 Å². The molecule has 0 aliphatic heterocycles. The summed E-state index contributed by atoms with van der Waals surface area (Å²) in [6, 6.07) is 11.1. The molecule has 27 heavy (non-hydrogen) atoms. The highest BCUT2D eigenvalue weighted by atomic mass is 19.1. The van der Waals surface area contributed by atoms with Gasteiger partial charge in [-0.05, 0) is 43.3 Å². The van der Waals surface area contributed by atoms with Gasteiger partial charge in [-0.25, -0.2) is 14.0 Å². The minimum atomic E-state index is -1.16. The van der Waals surface area contributed by atoms with Crippen molar-refractivity contribution in [2.24, 2.45) is 0 Å². The Morgan fingerprint density at radius 3 is 2.48 bits per heavy atom. The second-order valence-electron chi connectivity index (χ2n) is 5.74. The molecule has 138 valence electrons. The van der Waals surface area contributed by atoms with Crippen molar-refractivity contribution in [2.75, 3.05) is 7.11 Å². The number of ether oxygens (including phenoxy) is 2. The third-order valence-corrected chi connectivity index (χ3v) is 3.95.